The second-order valence-electron chi connectivity index (χ2n) is 8.72. The molecule has 0 radical (unpaired) electrons. The zero-order chi connectivity index (χ0) is 23.2. The van der Waals surface area contributed by atoms with Gasteiger partial charge in [0.05, 0.1) is 11.3 Å². The highest BCUT2D eigenvalue weighted by molar-refractivity contribution is 5.89. The van der Waals surface area contributed by atoms with E-state index in [-0.39, 0.29) is 36.1 Å². The third-order valence-corrected chi connectivity index (χ3v) is 6.62. The molecule has 1 heterocycles. The zero-order valence-corrected chi connectivity index (χ0v) is 18.7. The van der Waals surface area contributed by atoms with Crippen LogP contribution in [-0.2, 0) is 16.0 Å². The van der Waals surface area contributed by atoms with Gasteiger partial charge < -0.3 is 19.9 Å². The Morgan fingerprint density at radius 1 is 0.970 bits per heavy atom. The van der Waals surface area contributed by atoms with Gasteiger partial charge in [-0.15, -0.1) is 0 Å². The van der Waals surface area contributed by atoms with Crippen LogP contribution in [0.3, 0.4) is 0 Å². The van der Waals surface area contributed by atoms with Gasteiger partial charge in [0.15, 0.2) is 0 Å². The van der Waals surface area contributed by atoms with Crippen LogP contribution in [0.15, 0.2) is 48.5 Å². The maximum absolute atomic E-state index is 14.8. The smallest absolute Gasteiger partial charge is 0.338 e. The zero-order valence-electron chi connectivity index (χ0n) is 18.7. The first-order valence-electron chi connectivity index (χ1n) is 11.6. The Morgan fingerprint density at radius 3 is 2.33 bits per heavy atom. The molecule has 1 aliphatic carbocycles. The molecular formula is C26H30FN3O3. The minimum absolute atomic E-state index is 0.0455. The van der Waals surface area contributed by atoms with Crippen LogP contribution in [0.1, 0.15) is 41.6 Å². The van der Waals surface area contributed by atoms with Gasteiger partial charge >= 0.3 is 5.97 Å². The molecule has 0 unspecified atom stereocenters. The lowest BCUT2D eigenvalue weighted by atomic mass is 9.86. The van der Waals surface area contributed by atoms with Crippen LogP contribution in [0.25, 0.3) is 0 Å². The molecule has 2 fully saturated rings. The summed E-state index contributed by atoms with van der Waals surface area (Å²) in [6, 6.07) is 14.3. The number of anilines is 1. The third-order valence-electron chi connectivity index (χ3n) is 6.62. The summed E-state index contributed by atoms with van der Waals surface area (Å²) in [4.78, 5) is 29.2. The number of hydrogen-bond donors (Lipinski definition) is 1. The Morgan fingerprint density at radius 2 is 1.67 bits per heavy atom. The lowest BCUT2D eigenvalue weighted by Crippen LogP contribution is -2.51. The van der Waals surface area contributed by atoms with Crippen molar-refractivity contribution < 1.29 is 18.7 Å². The number of rotatable bonds is 6. The molecule has 2 aromatic rings. The Bertz CT molecular complexity index is 982. The maximum atomic E-state index is 14.8. The Hall–Kier alpha value is -3.22. The van der Waals surface area contributed by atoms with Gasteiger partial charge in [0.25, 0.3) is 0 Å². The van der Waals surface area contributed by atoms with E-state index in [1.807, 2.05) is 34.1 Å². The predicted octanol–water partition coefficient (Wildman–Crippen LogP) is 4.08. The van der Waals surface area contributed by atoms with Crippen LogP contribution >= 0.6 is 0 Å². The minimum Gasteiger partial charge on any atom is -0.459 e. The first-order chi connectivity index (χ1) is 16.1. The minimum atomic E-state index is -0.307. The molecule has 33 heavy (non-hydrogen) atoms. The summed E-state index contributed by atoms with van der Waals surface area (Å²) in [5.74, 6) is -0.473. The average molecular weight is 452 g/mol. The van der Waals surface area contributed by atoms with E-state index in [1.165, 1.54) is 6.21 Å². The SMILES string of the molecule is N=CCc1cccc(N2CCN(C(=O)[C@H]3CC[C@@H](OC(=O)c4ccccc4)CC3)CC2)c1F. The van der Waals surface area contributed by atoms with Crippen molar-refractivity contribution in [2.75, 3.05) is 31.1 Å². The van der Waals surface area contributed by atoms with Gasteiger partial charge in [-0.3, -0.25) is 4.79 Å². The molecule has 1 saturated heterocycles. The first-order valence-corrected chi connectivity index (χ1v) is 11.6. The van der Waals surface area contributed by atoms with Crippen LogP contribution in [0.2, 0.25) is 0 Å². The number of esters is 1. The molecule has 2 aromatic carbocycles. The van der Waals surface area contributed by atoms with E-state index in [0.717, 1.165) is 0 Å². The quantitative estimate of drug-likeness (QED) is 0.531. The summed E-state index contributed by atoms with van der Waals surface area (Å²) < 4.78 is 20.4. The van der Waals surface area contributed by atoms with E-state index in [1.54, 1.807) is 24.3 Å². The summed E-state index contributed by atoms with van der Waals surface area (Å²) in [5.41, 5.74) is 1.61. The maximum Gasteiger partial charge on any atom is 0.338 e. The summed E-state index contributed by atoms with van der Waals surface area (Å²) in [7, 11) is 0. The fraction of sp³-hybridized carbons (Fsp3) is 0.423. The second kappa shape index (κ2) is 10.6. The fourth-order valence-electron chi connectivity index (χ4n) is 4.73. The van der Waals surface area contributed by atoms with Crippen molar-refractivity contribution in [2.45, 2.75) is 38.2 Å². The molecule has 2 aliphatic rings. The van der Waals surface area contributed by atoms with E-state index in [0.29, 0.717) is 68.7 Å². The normalized spacial score (nSPS) is 20.9. The Balaban J connectivity index is 1.26. The monoisotopic (exact) mass is 451 g/mol. The van der Waals surface area contributed by atoms with E-state index in [4.69, 9.17) is 10.1 Å². The highest BCUT2D eigenvalue weighted by atomic mass is 19.1. The molecule has 0 aromatic heterocycles. The lowest BCUT2D eigenvalue weighted by Gasteiger charge is -2.39. The number of nitrogens with one attached hydrogen (secondary N) is 1. The molecule has 7 heteroatoms. The summed E-state index contributed by atoms with van der Waals surface area (Å²) in [6.45, 7) is 2.30. The number of carbonyl (C=O) groups excluding carboxylic acids is 2. The van der Waals surface area contributed by atoms with Crippen LogP contribution in [0.5, 0.6) is 0 Å². The molecule has 1 N–H and O–H groups in total. The lowest BCUT2D eigenvalue weighted by molar-refractivity contribution is -0.137. The molecule has 1 amide bonds. The van der Waals surface area contributed by atoms with Crippen LogP contribution < -0.4 is 4.90 Å². The van der Waals surface area contributed by atoms with E-state index in [2.05, 4.69) is 0 Å². The highest BCUT2D eigenvalue weighted by Crippen LogP contribution is 2.30. The number of hydrogen-bond acceptors (Lipinski definition) is 5. The number of benzene rings is 2. The van der Waals surface area contributed by atoms with Crippen molar-refractivity contribution in [3.05, 3.63) is 65.5 Å². The summed E-state index contributed by atoms with van der Waals surface area (Å²) in [5, 5.41) is 7.23. The van der Waals surface area contributed by atoms with Crippen molar-refractivity contribution in [3.8, 4) is 0 Å². The van der Waals surface area contributed by atoms with Gasteiger partial charge in [-0.1, -0.05) is 30.3 Å². The van der Waals surface area contributed by atoms with Crippen molar-refractivity contribution >= 4 is 23.8 Å². The highest BCUT2D eigenvalue weighted by Gasteiger charge is 2.32. The van der Waals surface area contributed by atoms with Crippen molar-refractivity contribution in [2.24, 2.45) is 5.92 Å². The molecule has 4 rings (SSSR count). The first kappa shape index (κ1) is 23.0. The molecular weight excluding hydrogens is 421 g/mol. The number of ether oxygens (including phenoxy) is 1. The molecule has 0 atom stereocenters. The number of halogens is 1. The second-order valence-corrected chi connectivity index (χ2v) is 8.72. The largest absolute Gasteiger partial charge is 0.459 e. The van der Waals surface area contributed by atoms with Gasteiger partial charge in [-0.05, 0) is 55.7 Å². The fourth-order valence-corrected chi connectivity index (χ4v) is 4.73. The standard InChI is InChI=1S/C26H30FN3O3/c27-24-19(13-14-28)7-4-8-23(24)29-15-17-30(18-16-29)25(31)20-9-11-22(12-10-20)33-26(32)21-5-2-1-3-6-21/h1-8,14,20,22,28H,9-13,15-18H2/t20-,22+. The van der Waals surface area contributed by atoms with Gasteiger partial charge in [-0.2, -0.15) is 0 Å². The number of piperazine rings is 1. The number of amides is 1. The predicted molar refractivity (Wildman–Crippen MR) is 125 cm³/mol. The topological polar surface area (TPSA) is 73.7 Å². The van der Waals surface area contributed by atoms with Gasteiger partial charge in [-0.25, -0.2) is 9.18 Å². The molecule has 174 valence electrons. The van der Waals surface area contributed by atoms with Crippen LogP contribution in [0, 0.1) is 17.1 Å². The van der Waals surface area contributed by atoms with Crippen molar-refractivity contribution in [1.29, 1.82) is 5.41 Å². The van der Waals surface area contributed by atoms with E-state index < -0.39 is 0 Å². The Labute approximate surface area is 193 Å². The molecule has 1 saturated carbocycles. The molecule has 0 spiro atoms. The number of nitrogens with zero attached hydrogens (tertiary/aromatic N) is 2. The molecule has 1 aliphatic heterocycles. The van der Waals surface area contributed by atoms with Gasteiger partial charge in [0.1, 0.15) is 11.9 Å². The van der Waals surface area contributed by atoms with E-state index >= 15 is 0 Å². The number of carbonyl (C=O) groups is 2. The van der Waals surface area contributed by atoms with Crippen molar-refractivity contribution in [1.82, 2.24) is 4.90 Å². The molecule has 0 bridgehead atoms. The Kier molecular flexibility index (Phi) is 7.37. The van der Waals surface area contributed by atoms with Gasteiger partial charge in [0, 0.05) is 38.5 Å². The van der Waals surface area contributed by atoms with Crippen molar-refractivity contribution in [3.63, 3.8) is 0 Å². The van der Waals surface area contributed by atoms with E-state index in [9.17, 15) is 14.0 Å². The van der Waals surface area contributed by atoms with Gasteiger partial charge in [0.2, 0.25) is 5.91 Å². The van der Waals surface area contributed by atoms with Crippen LogP contribution in [0.4, 0.5) is 10.1 Å². The average Bonchev–Trinajstić information content (AvgIpc) is 2.86. The molecule has 6 nitrogen and oxygen atoms in total. The summed E-state index contributed by atoms with van der Waals surface area (Å²) in [6.07, 6.45) is 4.16. The summed E-state index contributed by atoms with van der Waals surface area (Å²) >= 11 is 0. The van der Waals surface area contributed by atoms with Crippen LogP contribution in [-0.4, -0.2) is 55.3 Å². The third kappa shape index (κ3) is 5.41.